The van der Waals surface area contributed by atoms with Crippen LogP contribution in [0.1, 0.15) is 17.4 Å². The van der Waals surface area contributed by atoms with Gasteiger partial charge in [-0.05, 0) is 25.1 Å². The SMILES string of the molecule is CCOC(=O)c1cc2cc3scnc3cc2[nH]1. The number of thiazole rings is 1. The molecule has 3 rings (SSSR count). The van der Waals surface area contributed by atoms with Crippen molar-refractivity contribution < 1.29 is 9.53 Å². The Bertz CT molecular complexity index is 651. The lowest BCUT2D eigenvalue weighted by Crippen LogP contribution is -2.04. The highest BCUT2D eigenvalue weighted by molar-refractivity contribution is 7.16. The standard InChI is InChI=1S/C12H10N2O2S/c1-2-16-12(15)10-3-7-4-11-9(13-6-17-11)5-8(7)14-10/h3-6,14H,2H2,1H3. The molecular weight excluding hydrogens is 236 g/mol. The molecule has 3 aromatic rings. The fraction of sp³-hybridized carbons (Fsp3) is 0.167. The molecule has 17 heavy (non-hydrogen) atoms. The monoisotopic (exact) mass is 246 g/mol. The summed E-state index contributed by atoms with van der Waals surface area (Å²) in [5, 5.41) is 1.00. The van der Waals surface area contributed by atoms with E-state index >= 15 is 0 Å². The van der Waals surface area contributed by atoms with Gasteiger partial charge in [-0.1, -0.05) is 0 Å². The third-order valence-electron chi connectivity index (χ3n) is 2.57. The van der Waals surface area contributed by atoms with Crippen molar-refractivity contribution in [3.05, 3.63) is 29.4 Å². The number of rotatable bonds is 2. The minimum Gasteiger partial charge on any atom is -0.461 e. The summed E-state index contributed by atoms with van der Waals surface area (Å²) in [5.41, 5.74) is 4.15. The van der Waals surface area contributed by atoms with Gasteiger partial charge in [0.05, 0.1) is 22.3 Å². The van der Waals surface area contributed by atoms with E-state index in [-0.39, 0.29) is 5.97 Å². The van der Waals surface area contributed by atoms with Crippen molar-refractivity contribution in [2.75, 3.05) is 6.61 Å². The quantitative estimate of drug-likeness (QED) is 0.707. The lowest BCUT2D eigenvalue weighted by atomic mass is 10.2. The fourth-order valence-corrected chi connectivity index (χ4v) is 2.51. The fourth-order valence-electron chi connectivity index (χ4n) is 1.80. The van der Waals surface area contributed by atoms with Crippen LogP contribution in [0.4, 0.5) is 0 Å². The second kappa shape index (κ2) is 3.85. The summed E-state index contributed by atoms with van der Waals surface area (Å²) in [7, 11) is 0. The number of hydrogen-bond donors (Lipinski definition) is 1. The predicted molar refractivity (Wildman–Crippen MR) is 67.4 cm³/mol. The van der Waals surface area contributed by atoms with Crippen molar-refractivity contribution in [1.29, 1.82) is 0 Å². The summed E-state index contributed by atoms with van der Waals surface area (Å²) in [6, 6.07) is 5.79. The van der Waals surface area contributed by atoms with Gasteiger partial charge in [-0.15, -0.1) is 11.3 Å². The van der Waals surface area contributed by atoms with Crippen LogP contribution in [0.15, 0.2) is 23.7 Å². The number of benzene rings is 1. The number of aromatic amines is 1. The number of carbonyl (C=O) groups excluding carboxylic acids is 1. The summed E-state index contributed by atoms with van der Waals surface area (Å²) >= 11 is 1.59. The highest BCUT2D eigenvalue weighted by Crippen LogP contribution is 2.25. The molecule has 0 aliphatic rings. The average molecular weight is 246 g/mol. The Morgan fingerprint density at radius 1 is 1.47 bits per heavy atom. The molecule has 0 atom stereocenters. The number of hydrogen-bond acceptors (Lipinski definition) is 4. The molecule has 0 unspecified atom stereocenters. The highest BCUT2D eigenvalue weighted by Gasteiger charge is 2.11. The smallest absolute Gasteiger partial charge is 0.354 e. The van der Waals surface area contributed by atoms with Gasteiger partial charge >= 0.3 is 5.97 Å². The Morgan fingerprint density at radius 2 is 2.35 bits per heavy atom. The molecule has 2 aromatic heterocycles. The molecule has 0 amide bonds. The number of ether oxygens (including phenoxy) is 1. The van der Waals surface area contributed by atoms with E-state index in [1.807, 2.05) is 23.7 Å². The molecule has 0 aliphatic heterocycles. The topological polar surface area (TPSA) is 55.0 Å². The first-order valence-electron chi connectivity index (χ1n) is 5.31. The summed E-state index contributed by atoms with van der Waals surface area (Å²) < 4.78 is 6.07. The second-order valence-corrected chi connectivity index (χ2v) is 4.55. The van der Waals surface area contributed by atoms with Crippen molar-refractivity contribution in [3.63, 3.8) is 0 Å². The van der Waals surface area contributed by atoms with Crippen molar-refractivity contribution in [3.8, 4) is 0 Å². The predicted octanol–water partition coefficient (Wildman–Crippen LogP) is 2.95. The molecule has 5 heteroatoms. The Kier molecular flexibility index (Phi) is 2.33. The Morgan fingerprint density at radius 3 is 3.18 bits per heavy atom. The minimum atomic E-state index is -0.319. The zero-order chi connectivity index (χ0) is 11.8. The van der Waals surface area contributed by atoms with E-state index in [1.54, 1.807) is 18.3 Å². The zero-order valence-electron chi connectivity index (χ0n) is 9.19. The Balaban J connectivity index is 2.14. The first-order valence-corrected chi connectivity index (χ1v) is 6.19. The van der Waals surface area contributed by atoms with Gasteiger partial charge < -0.3 is 9.72 Å². The summed E-state index contributed by atoms with van der Waals surface area (Å²) in [6.45, 7) is 2.17. The number of nitrogens with zero attached hydrogens (tertiary/aromatic N) is 1. The average Bonchev–Trinajstić information content (AvgIpc) is 2.90. The number of esters is 1. The van der Waals surface area contributed by atoms with Crippen LogP contribution in [0.25, 0.3) is 21.1 Å². The third kappa shape index (κ3) is 1.68. The van der Waals surface area contributed by atoms with Gasteiger partial charge in [0.25, 0.3) is 0 Å². The number of carbonyl (C=O) groups is 1. The Hall–Kier alpha value is -1.88. The van der Waals surface area contributed by atoms with Gasteiger partial charge in [-0.2, -0.15) is 0 Å². The minimum absolute atomic E-state index is 0.319. The first-order chi connectivity index (χ1) is 8.28. The van der Waals surface area contributed by atoms with Crippen molar-refractivity contribution in [2.45, 2.75) is 6.92 Å². The van der Waals surface area contributed by atoms with E-state index in [0.29, 0.717) is 12.3 Å². The summed E-state index contributed by atoms with van der Waals surface area (Å²) in [5.74, 6) is -0.319. The van der Waals surface area contributed by atoms with Crippen LogP contribution in [0.3, 0.4) is 0 Å². The van der Waals surface area contributed by atoms with Crippen molar-refractivity contribution in [2.24, 2.45) is 0 Å². The number of nitrogens with one attached hydrogen (secondary N) is 1. The molecule has 0 aliphatic carbocycles. The van der Waals surface area contributed by atoms with Crippen LogP contribution >= 0.6 is 11.3 Å². The molecule has 2 heterocycles. The highest BCUT2D eigenvalue weighted by atomic mass is 32.1. The van der Waals surface area contributed by atoms with Gasteiger partial charge in [-0.3, -0.25) is 0 Å². The molecule has 1 N–H and O–H groups in total. The second-order valence-electron chi connectivity index (χ2n) is 3.66. The third-order valence-corrected chi connectivity index (χ3v) is 3.36. The van der Waals surface area contributed by atoms with Gasteiger partial charge in [0.1, 0.15) is 5.69 Å². The van der Waals surface area contributed by atoms with Crippen molar-refractivity contribution in [1.82, 2.24) is 9.97 Å². The van der Waals surface area contributed by atoms with Crippen LogP contribution < -0.4 is 0 Å². The maximum Gasteiger partial charge on any atom is 0.354 e. The number of aromatic nitrogens is 2. The molecule has 0 saturated carbocycles. The van der Waals surface area contributed by atoms with Crippen LogP contribution in [-0.2, 0) is 4.74 Å². The molecule has 0 bridgehead atoms. The van der Waals surface area contributed by atoms with Gasteiger partial charge in [0.2, 0.25) is 0 Å². The molecule has 4 nitrogen and oxygen atoms in total. The molecular formula is C12H10N2O2S. The number of fused-ring (bicyclic) bond motifs is 2. The van der Waals surface area contributed by atoms with Gasteiger partial charge in [0.15, 0.2) is 0 Å². The van der Waals surface area contributed by atoms with Crippen LogP contribution in [-0.4, -0.2) is 22.5 Å². The molecule has 1 aromatic carbocycles. The van der Waals surface area contributed by atoms with Crippen LogP contribution in [0, 0.1) is 0 Å². The van der Waals surface area contributed by atoms with Crippen LogP contribution in [0.5, 0.6) is 0 Å². The van der Waals surface area contributed by atoms with Gasteiger partial charge in [0, 0.05) is 10.9 Å². The van der Waals surface area contributed by atoms with Gasteiger partial charge in [-0.25, -0.2) is 9.78 Å². The van der Waals surface area contributed by atoms with E-state index < -0.39 is 0 Å². The molecule has 0 spiro atoms. The maximum absolute atomic E-state index is 11.6. The van der Waals surface area contributed by atoms with Crippen molar-refractivity contribution >= 4 is 38.4 Å². The first kappa shape index (κ1) is 10.3. The van der Waals surface area contributed by atoms with Crippen LogP contribution in [0.2, 0.25) is 0 Å². The Labute approximate surface area is 101 Å². The normalized spacial score (nSPS) is 11.1. The lowest BCUT2D eigenvalue weighted by molar-refractivity contribution is 0.0520. The van der Waals surface area contributed by atoms with E-state index in [9.17, 15) is 4.79 Å². The summed E-state index contributed by atoms with van der Waals surface area (Å²) in [4.78, 5) is 18.9. The van der Waals surface area contributed by atoms with E-state index in [4.69, 9.17) is 4.74 Å². The molecule has 86 valence electrons. The molecule has 0 fully saturated rings. The van der Waals surface area contributed by atoms with E-state index in [2.05, 4.69) is 9.97 Å². The zero-order valence-corrected chi connectivity index (χ0v) is 10.0. The summed E-state index contributed by atoms with van der Waals surface area (Å²) in [6.07, 6.45) is 0. The largest absolute Gasteiger partial charge is 0.461 e. The molecule has 0 radical (unpaired) electrons. The maximum atomic E-state index is 11.6. The number of H-pyrrole nitrogens is 1. The lowest BCUT2D eigenvalue weighted by Gasteiger charge is -1.96. The van der Waals surface area contributed by atoms with E-state index in [0.717, 1.165) is 21.1 Å². The molecule has 0 saturated heterocycles. The van der Waals surface area contributed by atoms with E-state index in [1.165, 1.54) is 0 Å².